The summed E-state index contributed by atoms with van der Waals surface area (Å²) < 4.78 is 37.6. The third-order valence-electron chi connectivity index (χ3n) is 3.15. The zero-order chi connectivity index (χ0) is 14.0. The van der Waals surface area contributed by atoms with E-state index in [-0.39, 0.29) is 11.6 Å². The summed E-state index contributed by atoms with van der Waals surface area (Å²) in [5.74, 6) is -1.53. The Morgan fingerprint density at radius 1 is 1.42 bits per heavy atom. The summed E-state index contributed by atoms with van der Waals surface area (Å²) >= 11 is 0. The Morgan fingerprint density at radius 3 is 2.63 bits per heavy atom. The van der Waals surface area contributed by atoms with Crippen molar-refractivity contribution in [3.05, 3.63) is 35.6 Å². The smallest absolute Gasteiger partial charge is 0.238 e. The average molecular weight is 285 g/mol. The fraction of sp³-hybridized carbons (Fsp3) is 0.462. The Morgan fingerprint density at radius 2 is 2.05 bits per heavy atom. The monoisotopic (exact) mass is 285 g/mol. The van der Waals surface area contributed by atoms with E-state index in [1.54, 1.807) is 6.07 Å². The van der Waals surface area contributed by atoms with Crippen LogP contribution in [0.4, 0.5) is 4.39 Å². The van der Waals surface area contributed by atoms with Crippen molar-refractivity contribution in [1.29, 1.82) is 0 Å². The molecule has 0 saturated heterocycles. The van der Waals surface area contributed by atoms with Gasteiger partial charge >= 0.3 is 0 Å². The molecule has 1 fully saturated rings. The first kappa shape index (κ1) is 14.0. The molecule has 19 heavy (non-hydrogen) atoms. The van der Waals surface area contributed by atoms with Crippen LogP contribution in [0.2, 0.25) is 0 Å². The van der Waals surface area contributed by atoms with Gasteiger partial charge in [0.2, 0.25) is 5.91 Å². The van der Waals surface area contributed by atoms with Crippen molar-refractivity contribution in [3.63, 3.8) is 0 Å². The molecule has 1 aliphatic rings. The standard InChI is InChI=1S/C13H16FNO3S/c1-9(13(16)15-11-6-7-11)19(17,18)8-10-4-2-3-5-12(10)14/h2-5,9,11H,6-8H2,1H3,(H,15,16)/t9-/m1/s1. The maximum atomic E-state index is 13.4. The lowest BCUT2D eigenvalue weighted by molar-refractivity contribution is -0.120. The van der Waals surface area contributed by atoms with E-state index in [9.17, 15) is 17.6 Å². The van der Waals surface area contributed by atoms with Gasteiger partial charge in [0, 0.05) is 11.6 Å². The fourth-order valence-corrected chi connectivity index (χ4v) is 2.98. The lowest BCUT2D eigenvalue weighted by Crippen LogP contribution is -2.39. The third kappa shape index (κ3) is 3.53. The molecule has 104 valence electrons. The van der Waals surface area contributed by atoms with Gasteiger partial charge in [0.1, 0.15) is 11.1 Å². The van der Waals surface area contributed by atoms with Gasteiger partial charge in [-0.15, -0.1) is 0 Å². The Bertz CT molecular complexity index is 581. The summed E-state index contributed by atoms with van der Waals surface area (Å²) in [5, 5.41) is 1.49. The van der Waals surface area contributed by atoms with Crippen LogP contribution in [0, 0.1) is 5.82 Å². The molecule has 1 aromatic rings. The molecule has 0 aliphatic heterocycles. The minimum atomic E-state index is -3.70. The van der Waals surface area contributed by atoms with Crippen LogP contribution < -0.4 is 5.32 Å². The van der Waals surface area contributed by atoms with Crippen LogP contribution in [0.1, 0.15) is 25.3 Å². The van der Waals surface area contributed by atoms with E-state index in [0.29, 0.717) is 0 Å². The van der Waals surface area contributed by atoms with Gasteiger partial charge in [-0.1, -0.05) is 18.2 Å². The molecule has 1 aromatic carbocycles. The third-order valence-corrected chi connectivity index (χ3v) is 5.15. The van der Waals surface area contributed by atoms with E-state index in [1.165, 1.54) is 25.1 Å². The second-order valence-corrected chi connectivity index (χ2v) is 7.15. The molecule has 0 heterocycles. The van der Waals surface area contributed by atoms with Crippen LogP contribution in [-0.2, 0) is 20.4 Å². The van der Waals surface area contributed by atoms with E-state index in [1.807, 2.05) is 0 Å². The number of hydrogen-bond acceptors (Lipinski definition) is 3. The van der Waals surface area contributed by atoms with Crippen LogP contribution in [0.25, 0.3) is 0 Å². The first-order chi connectivity index (χ1) is 8.90. The second-order valence-electron chi connectivity index (χ2n) is 4.82. The van der Waals surface area contributed by atoms with Gasteiger partial charge < -0.3 is 5.32 Å². The number of carbonyl (C=O) groups excluding carboxylic acids is 1. The van der Waals surface area contributed by atoms with Crippen molar-refractivity contribution >= 4 is 15.7 Å². The highest BCUT2D eigenvalue weighted by atomic mass is 32.2. The number of rotatable bonds is 5. The molecule has 0 spiro atoms. The normalized spacial score (nSPS) is 16.9. The van der Waals surface area contributed by atoms with Gasteiger partial charge in [-0.25, -0.2) is 12.8 Å². The number of nitrogens with one attached hydrogen (secondary N) is 1. The van der Waals surface area contributed by atoms with Gasteiger partial charge in [0.15, 0.2) is 9.84 Å². The van der Waals surface area contributed by atoms with Crippen LogP contribution in [0.3, 0.4) is 0 Å². The highest BCUT2D eigenvalue weighted by Crippen LogP contribution is 2.20. The second kappa shape index (κ2) is 5.28. The zero-order valence-electron chi connectivity index (χ0n) is 10.6. The lowest BCUT2D eigenvalue weighted by atomic mass is 10.2. The van der Waals surface area contributed by atoms with Crippen molar-refractivity contribution in [3.8, 4) is 0 Å². The van der Waals surface area contributed by atoms with Gasteiger partial charge in [-0.3, -0.25) is 4.79 Å². The van der Waals surface area contributed by atoms with E-state index in [2.05, 4.69) is 5.32 Å². The maximum absolute atomic E-state index is 13.4. The first-order valence-electron chi connectivity index (χ1n) is 6.15. The number of benzene rings is 1. The van der Waals surface area contributed by atoms with E-state index in [4.69, 9.17) is 0 Å². The highest BCUT2D eigenvalue weighted by Gasteiger charge is 2.32. The van der Waals surface area contributed by atoms with Gasteiger partial charge in [0.25, 0.3) is 0 Å². The molecule has 0 unspecified atom stereocenters. The minimum Gasteiger partial charge on any atom is -0.352 e. The summed E-state index contributed by atoms with van der Waals surface area (Å²) in [6.07, 6.45) is 1.79. The van der Waals surface area contributed by atoms with E-state index in [0.717, 1.165) is 12.8 Å². The summed E-state index contributed by atoms with van der Waals surface area (Å²) in [6, 6.07) is 5.80. The summed E-state index contributed by atoms with van der Waals surface area (Å²) in [6.45, 7) is 1.34. The largest absolute Gasteiger partial charge is 0.352 e. The number of halogens is 1. The van der Waals surface area contributed by atoms with Crippen LogP contribution >= 0.6 is 0 Å². The molecule has 2 rings (SSSR count). The molecule has 1 atom stereocenters. The quantitative estimate of drug-likeness (QED) is 0.889. The maximum Gasteiger partial charge on any atom is 0.238 e. The zero-order valence-corrected chi connectivity index (χ0v) is 11.4. The van der Waals surface area contributed by atoms with Crippen molar-refractivity contribution in [2.24, 2.45) is 0 Å². The Kier molecular flexibility index (Phi) is 3.89. The Balaban J connectivity index is 2.08. The van der Waals surface area contributed by atoms with E-state index >= 15 is 0 Å². The van der Waals surface area contributed by atoms with Crippen LogP contribution in [0.15, 0.2) is 24.3 Å². The summed E-state index contributed by atoms with van der Waals surface area (Å²) in [5.41, 5.74) is 0.0913. The van der Waals surface area contributed by atoms with Crippen LogP contribution in [-0.4, -0.2) is 25.6 Å². The molecular formula is C13H16FNO3S. The highest BCUT2D eigenvalue weighted by molar-refractivity contribution is 7.92. The molecule has 1 N–H and O–H groups in total. The molecule has 0 radical (unpaired) electrons. The molecule has 6 heteroatoms. The molecule has 1 saturated carbocycles. The summed E-state index contributed by atoms with van der Waals surface area (Å²) in [4.78, 5) is 11.7. The Labute approximate surface area is 111 Å². The summed E-state index contributed by atoms with van der Waals surface area (Å²) in [7, 11) is -3.70. The predicted octanol–water partition coefficient (Wildman–Crippen LogP) is 1.41. The lowest BCUT2D eigenvalue weighted by Gasteiger charge is -2.13. The predicted molar refractivity (Wildman–Crippen MR) is 69.7 cm³/mol. The van der Waals surface area contributed by atoms with Crippen molar-refractivity contribution in [2.45, 2.75) is 36.8 Å². The first-order valence-corrected chi connectivity index (χ1v) is 7.87. The van der Waals surface area contributed by atoms with Crippen molar-refractivity contribution < 1.29 is 17.6 Å². The molecule has 4 nitrogen and oxygen atoms in total. The molecule has 1 aliphatic carbocycles. The molecule has 0 bridgehead atoms. The number of carbonyl (C=O) groups is 1. The fourth-order valence-electron chi connectivity index (χ4n) is 1.67. The van der Waals surface area contributed by atoms with Gasteiger partial charge in [-0.2, -0.15) is 0 Å². The Hall–Kier alpha value is -1.43. The number of hydrogen-bond donors (Lipinski definition) is 1. The van der Waals surface area contributed by atoms with Crippen LogP contribution in [0.5, 0.6) is 0 Å². The van der Waals surface area contributed by atoms with E-state index < -0.39 is 32.6 Å². The molecular weight excluding hydrogens is 269 g/mol. The number of amides is 1. The van der Waals surface area contributed by atoms with Crippen molar-refractivity contribution in [1.82, 2.24) is 5.32 Å². The topological polar surface area (TPSA) is 63.2 Å². The SMILES string of the molecule is C[C@H](C(=O)NC1CC1)S(=O)(=O)Cc1ccccc1F. The number of sulfone groups is 1. The molecule has 0 aromatic heterocycles. The van der Waals surface area contributed by atoms with Gasteiger partial charge in [0.05, 0.1) is 5.75 Å². The van der Waals surface area contributed by atoms with Gasteiger partial charge in [-0.05, 0) is 25.8 Å². The van der Waals surface area contributed by atoms with Crippen molar-refractivity contribution in [2.75, 3.05) is 0 Å². The average Bonchev–Trinajstić information content (AvgIpc) is 3.14. The minimum absolute atomic E-state index is 0.0913. The molecule has 1 amide bonds.